The zero-order valence-corrected chi connectivity index (χ0v) is 18.6. The molecule has 2 amide bonds. The van der Waals surface area contributed by atoms with Gasteiger partial charge in [0.15, 0.2) is 0 Å². The van der Waals surface area contributed by atoms with E-state index in [9.17, 15) is 14.0 Å². The van der Waals surface area contributed by atoms with Crippen LogP contribution in [0, 0.1) is 25.6 Å². The van der Waals surface area contributed by atoms with Crippen LogP contribution in [0.25, 0.3) is 11.3 Å². The third kappa shape index (κ3) is 5.57. The molecule has 31 heavy (non-hydrogen) atoms. The summed E-state index contributed by atoms with van der Waals surface area (Å²) in [5.41, 5.74) is 3.30. The van der Waals surface area contributed by atoms with E-state index < -0.39 is 6.04 Å². The second kappa shape index (κ2) is 9.41. The molecule has 8 heteroatoms. The van der Waals surface area contributed by atoms with E-state index in [1.165, 1.54) is 19.1 Å². The fourth-order valence-electron chi connectivity index (χ4n) is 3.76. The van der Waals surface area contributed by atoms with Crippen LogP contribution in [0.5, 0.6) is 5.75 Å². The highest BCUT2D eigenvalue weighted by molar-refractivity contribution is 5.86. The molecule has 1 unspecified atom stereocenters. The lowest BCUT2D eigenvalue weighted by Gasteiger charge is -2.20. The maximum absolute atomic E-state index is 14.3. The molecule has 0 fully saturated rings. The second-order valence-corrected chi connectivity index (χ2v) is 8.46. The van der Waals surface area contributed by atoms with Gasteiger partial charge in [-0.05, 0) is 38.3 Å². The molecule has 166 valence electrons. The molecule has 0 aliphatic carbocycles. The monoisotopic (exact) mass is 428 g/mol. The van der Waals surface area contributed by atoms with Crippen molar-refractivity contribution >= 4 is 11.8 Å². The number of aromatic nitrogens is 2. The fourth-order valence-corrected chi connectivity index (χ4v) is 3.76. The van der Waals surface area contributed by atoms with Crippen molar-refractivity contribution in [2.45, 2.75) is 59.6 Å². The quantitative estimate of drug-likeness (QED) is 0.707. The first-order valence-electron chi connectivity index (χ1n) is 10.5. The third-order valence-electron chi connectivity index (χ3n) is 5.10. The fraction of sp³-hybridized carbons (Fsp3) is 0.478. The molecule has 1 aliphatic rings. The molecule has 0 radical (unpaired) electrons. The van der Waals surface area contributed by atoms with Crippen LogP contribution < -0.4 is 15.4 Å². The van der Waals surface area contributed by atoms with Gasteiger partial charge < -0.3 is 15.4 Å². The molecule has 3 rings (SSSR count). The van der Waals surface area contributed by atoms with Crippen molar-refractivity contribution in [2.75, 3.05) is 6.54 Å². The molecule has 7 nitrogen and oxygen atoms in total. The van der Waals surface area contributed by atoms with Crippen LogP contribution in [0.1, 0.15) is 44.1 Å². The number of aryl methyl sites for hydroxylation is 2. The van der Waals surface area contributed by atoms with Crippen molar-refractivity contribution < 1.29 is 18.7 Å². The highest BCUT2D eigenvalue weighted by Crippen LogP contribution is 2.39. The number of ether oxygens (including phenoxy) is 1. The lowest BCUT2D eigenvalue weighted by Crippen LogP contribution is -2.48. The molecule has 0 spiro atoms. The van der Waals surface area contributed by atoms with Gasteiger partial charge in [-0.2, -0.15) is 0 Å². The van der Waals surface area contributed by atoms with E-state index in [0.717, 1.165) is 11.3 Å². The van der Waals surface area contributed by atoms with Gasteiger partial charge in [-0.1, -0.05) is 13.8 Å². The zero-order chi connectivity index (χ0) is 22.7. The Morgan fingerprint density at radius 3 is 2.71 bits per heavy atom. The van der Waals surface area contributed by atoms with Crippen LogP contribution in [0.2, 0.25) is 0 Å². The van der Waals surface area contributed by atoms with E-state index in [0.29, 0.717) is 35.5 Å². The minimum atomic E-state index is -0.598. The van der Waals surface area contributed by atoms with Crippen LogP contribution in [0.3, 0.4) is 0 Å². The lowest BCUT2D eigenvalue weighted by molar-refractivity contribution is -0.128. The summed E-state index contributed by atoms with van der Waals surface area (Å²) in [6, 6.07) is 2.27. The van der Waals surface area contributed by atoms with E-state index >= 15 is 0 Å². The molecule has 2 aromatic rings. The Balaban J connectivity index is 1.74. The predicted octanol–water partition coefficient (Wildman–Crippen LogP) is 2.87. The van der Waals surface area contributed by atoms with Crippen LogP contribution in [-0.2, 0) is 16.0 Å². The molecule has 0 saturated heterocycles. The van der Waals surface area contributed by atoms with Crippen molar-refractivity contribution in [2.24, 2.45) is 5.92 Å². The Morgan fingerprint density at radius 2 is 2.03 bits per heavy atom. The molecule has 2 N–H and O–H groups in total. The average molecular weight is 429 g/mol. The molecule has 0 bridgehead atoms. The van der Waals surface area contributed by atoms with Crippen molar-refractivity contribution in [3.05, 3.63) is 41.1 Å². The second-order valence-electron chi connectivity index (χ2n) is 8.46. The summed E-state index contributed by atoms with van der Waals surface area (Å²) in [6.07, 6.45) is 2.33. The molecule has 1 aromatic heterocycles. The topological polar surface area (TPSA) is 93.2 Å². The number of fused-ring (bicyclic) bond motifs is 1. The molecular weight excluding hydrogens is 399 g/mol. The number of nitrogens with one attached hydrogen (secondary N) is 2. The van der Waals surface area contributed by atoms with Crippen molar-refractivity contribution in [1.82, 2.24) is 20.6 Å². The summed E-state index contributed by atoms with van der Waals surface area (Å²) in [5, 5.41) is 5.56. The summed E-state index contributed by atoms with van der Waals surface area (Å²) in [5.74, 6) is -0.0502. The molecular formula is C23H29FN4O3. The van der Waals surface area contributed by atoms with Gasteiger partial charge in [-0.3, -0.25) is 14.6 Å². The van der Waals surface area contributed by atoms with Gasteiger partial charge in [0.05, 0.1) is 23.6 Å². The number of hydrogen-bond donors (Lipinski definition) is 2. The van der Waals surface area contributed by atoms with Crippen molar-refractivity contribution in [3.8, 4) is 17.0 Å². The van der Waals surface area contributed by atoms with Crippen molar-refractivity contribution in [1.29, 1.82) is 0 Å². The summed E-state index contributed by atoms with van der Waals surface area (Å²) >= 11 is 0. The number of carbonyl (C=O) groups excluding carboxylic acids is 2. The molecule has 1 aliphatic heterocycles. The number of hydrogen-bond acceptors (Lipinski definition) is 5. The Bertz CT molecular complexity index is 993. The predicted molar refractivity (Wildman–Crippen MR) is 115 cm³/mol. The van der Waals surface area contributed by atoms with Crippen LogP contribution in [0.15, 0.2) is 18.3 Å². The van der Waals surface area contributed by atoms with E-state index in [4.69, 9.17) is 4.74 Å². The van der Waals surface area contributed by atoms with Crippen LogP contribution in [-0.4, -0.2) is 40.5 Å². The van der Waals surface area contributed by atoms with Gasteiger partial charge in [-0.25, -0.2) is 9.37 Å². The van der Waals surface area contributed by atoms with Gasteiger partial charge in [0.2, 0.25) is 11.8 Å². The number of carbonyl (C=O) groups is 2. The zero-order valence-electron chi connectivity index (χ0n) is 18.6. The first-order chi connectivity index (χ1) is 14.6. The summed E-state index contributed by atoms with van der Waals surface area (Å²) in [4.78, 5) is 32.9. The number of benzene rings is 1. The van der Waals surface area contributed by atoms with Gasteiger partial charge in [0, 0.05) is 30.7 Å². The summed E-state index contributed by atoms with van der Waals surface area (Å²) in [7, 11) is 0. The smallest absolute Gasteiger partial charge is 0.242 e. The van der Waals surface area contributed by atoms with E-state index in [2.05, 4.69) is 20.6 Å². The first kappa shape index (κ1) is 22.7. The minimum Gasteiger partial charge on any atom is -0.487 e. The van der Waals surface area contributed by atoms with E-state index in [-0.39, 0.29) is 36.2 Å². The van der Waals surface area contributed by atoms with Gasteiger partial charge >= 0.3 is 0 Å². The Hall–Kier alpha value is -3.03. The van der Waals surface area contributed by atoms with Crippen LogP contribution >= 0.6 is 0 Å². The number of rotatable bonds is 7. The highest BCUT2D eigenvalue weighted by atomic mass is 19.1. The molecule has 2 heterocycles. The number of amides is 2. The Labute approximate surface area is 181 Å². The average Bonchev–Trinajstić information content (AvgIpc) is 3.08. The van der Waals surface area contributed by atoms with E-state index in [1.54, 1.807) is 6.20 Å². The number of halogens is 1. The summed E-state index contributed by atoms with van der Waals surface area (Å²) in [6.45, 7) is 9.28. The minimum absolute atomic E-state index is 0.249. The Kier molecular flexibility index (Phi) is 6.87. The molecule has 2 atom stereocenters. The lowest BCUT2D eigenvalue weighted by atomic mass is 10.0. The van der Waals surface area contributed by atoms with Crippen molar-refractivity contribution in [3.63, 3.8) is 0 Å². The third-order valence-corrected chi connectivity index (χ3v) is 5.10. The standard InChI is InChI=1S/C23H29FN4O3/c1-12(2)6-20(28-15(5)29)23(30)26-11-18-8-16-7-17(24)9-19(22(16)31-18)21-14(4)25-10-13(3)27-21/h7,9-10,12,18,20H,6,8,11H2,1-5H3,(H,26,30)(H,28,29)/t18?,20-/m0/s1. The maximum atomic E-state index is 14.3. The van der Waals surface area contributed by atoms with Gasteiger partial charge in [0.25, 0.3) is 0 Å². The van der Waals surface area contributed by atoms with Gasteiger partial charge in [-0.15, -0.1) is 0 Å². The SMILES string of the molecule is CC(=O)N[C@@H](CC(C)C)C(=O)NCC1Cc2cc(F)cc(-c3nc(C)cnc3C)c2O1. The maximum Gasteiger partial charge on any atom is 0.242 e. The molecule has 0 saturated carbocycles. The first-order valence-corrected chi connectivity index (χ1v) is 10.5. The van der Waals surface area contributed by atoms with Crippen LogP contribution in [0.4, 0.5) is 4.39 Å². The summed E-state index contributed by atoms with van der Waals surface area (Å²) < 4.78 is 20.4. The highest BCUT2D eigenvalue weighted by Gasteiger charge is 2.29. The van der Waals surface area contributed by atoms with E-state index in [1.807, 2.05) is 27.7 Å². The Morgan fingerprint density at radius 1 is 1.29 bits per heavy atom. The number of nitrogens with zero attached hydrogens (tertiary/aromatic N) is 2. The van der Waals surface area contributed by atoms with Gasteiger partial charge in [0.1, 0.15) is 23.7 Å². The largest absolute Gasteiger partial charge is 0.487 e. The molecule has 1 aromatic carbocycles. The normalized spacial score (nSPS) is 15.9.